The molecule has 0 fully saturated rings. The van der Waals surface area contributed by atoms with Crippen LogP contribution in [0, 0.1) is 0 Å². The second-order valence-corrected chi connectivity index (χ2v) is 6.99. The van der Waals surface area contributed by atoms with E-state index in [1.807, 2.05) is 24.3 Å². The first-order chi connectivity index (χ1) is 12.0. The standard InChI is InChI=1S/C19H19Br2F3O/c20-11-1-2-12-25-18(19(22,23)24)17-9-7-16(8-10-17)15-5-3-14(13-21)4-6-15/h3-10,18H,1-2,11-13H2. The van der Waals surface area contributed by atoms with Crippen LogP contribution in [-0.2, 0) is 10.1 Å². The van der Waals surface area contributed by atoms with Gasteiger partial charge in [0.1, 0.15) is 0 Å². The van der Waals surface area contributed by atoms with Crippen LogP contribution in [0.2, 0.25) is 0 Å². The van der Waals surface area contributed by atoms with Crippen LogP contribution in [0.1, 0.15) is 30.1 Å². The number of unbranched alkanes of at least 4 members (excludes halogenated alkanes) is 1. The van der Waals surface area contributed by atoms with Crippen LogP contribution in [0.4, 0.5) is 13.2 Å². The van der Waals surface area contributed by atoms with Gasteiger partial charge in [-0.05, 0) is 35.1 Å². The summed E-state index contributed by atoms with van der Waals surface area (Å²) < 4.78 is 45.0. The molecule has 0 aliphatic heterocycles. The lowest BCUT2D eigenvalue weighted by atomic mass is 10.0. The first-order valence-electron chi connectivity index (χ1n) is 7.95. The van der Waals surface area contributed by atoms with Gasteiger partial charge in [-0.25, -0.2) is 0 Å². The maximum absolute atomic E-state index is 13.3. The quantitative estimate of drug-likeness (QED) is 0.291. The van der Waals surface area contributed by atoms with Crippen LogP contribution in [0.3, 0.4) is 0 Å². The van der Waals surface area contributed by atoms with Gasteiger partial charge in [-0.2, -0.15) is 13.2 Å². The molecule has 2 aromatic carbocycles. The predicted octanol–water partition coefficient (Wildman–Crippen LogP) is 7.04. The fourth-order valence-electron chi connectivity index (χ4n) is 2.41. The van der Waals surface area contributed by atoms with Crippen molar-refractivity contribution in [2.45, 2.75) is 30.5 Å². The van der Waals surface area contributed by atoms with Crippen LogP contribution in [0.15, 0.2) is 48.5 Å². The van der Waals surface area contributed by atoms with E-state index in [2.05, 4.69) is 31.9 Å². The summed E-state index contributed by atoms with van der Waals surface area (Å²) in [4.78, 5) is 0. The average Bonchev–Trinajstić information content (AvgIpc) is 2.61. The van der Waals surface area contributed by atoms with Gasteiger partial charge in [0.25, 0.3) is 0 Å². The summed E-state index contributed by atoms with van der Waals surface area (Å²) in [5.41, 5.74) is 3.13. The zero-order valence-electron chi connectivity index (χ0n) is 13.5. The number of halogens is 5. The van der Waals surface area contributed by atoms with Crippen LogP contribution < -0.4 is 0 Å². The van der Waals surface area contributed by atoms with Crippen molar-refractivity contribution in [1.29, 1.82) is 0 Å². The highest BCUT2D eigenvalue weighted by Gasteiger charge is 2.41. The van der Waals surface area contributed by atoms with Crippen molar-refractivity contribution < 1.29 is 17.9 Å². The highest BCUT2D eigenvalue weighted by molar-refractivity contribution is 9.09. The first kappa shape index (κ1) is 20.5. The predicted molar refractivity (Wildman–Crippen MR) is 102 cm³/mol. The van der Waals surface area contributed by atoms with Crippen LogP contribution in [-0.4, -0.2) is 18.1 Å². The molecule has 0 aliphatic rings. The summed E-state index contributed by atoms with van der Waals surface area (Å²) in [7, 11) is 0. The molecule has 0 aliphatic carbocycles. The third kappa shape index (κ3) is 6.12. The average molecular weight is 480 g/mol. The minimum absolute atomic E-state index is 0.0888. The van der Waals surface area contributed by atoms with E-state index >= 15 is 0 Å². The van der Waals surface area contributed by atoms with Gasteiger partial charge in [0, 0.05) is 17.3 Å². The molecule has 0 aromatic heterocycles. The minimum Gasteiger partial charge on any atom is -0.364 e. The fourth-order valence-corrected chi connectivity index (χ4v) is 3.18. The largest absolute Gasteiger partial charge is 0.418 e. The third-order valence-corrected chi connectivity index (χ3v) is 4.97. The van der Waals surface area contributed by atoms with E-state index in [9.17, 15) is 13.2 Å². The van der Waals surface area contributed by atoms with Gasteiger partial charge < -0.3 is 4.74 Å². The van der Waals surface area contributed by atoms with Gasteiger partial charge in [0.05, 0.1) is 0 Å². The van der Waals surface area contributed by atoms with Crippen molar-refractivity contribution >= 4 is 31.9 Å². The van der Waals surface area contributed by atoms with E-state index in [0.29, 0.717) is 6.42 Å². The van der Waals surface area contributed by atoms with Gasteiger partial charge in [0.2, 0.25) is 0 Å². The van der Waals surface area contributed by atoms with Crippen LogP contribution in [0.5, 0.6) is 0 Å². The molecule has 6 heteroatoms. The molecule has 0 heterocycles. The summed E-state index contributed by atoms with van der Waals surface area (Å²) in [6, 6.07) is 14.3. The number of alkyl halides is 5. The van der Waals surface area contributed by atoms with Gasteiger partial charge in [-0.3, -0.25) is 0 Å². The Bertz CT molecular complexity index is 639. The zero-order valence-corrected chi connectivity index (χ0v) is 16.7. The summed E-state index contributed by atoms with van der Waals surface area (Å²) in [5.74, 6) is 0. The van der Waals surface area contributed by atoms with Crippen molar-refractivity contribution in [2.24, 2.45) is 0 Å². The molecule has 0 saturated heterocycles. The van der Waals surface area contributed by atoms with E-state index in [-0.39, 0.29) is 12.2 Å². The van der Waals surface area contributed by atoms with E-state index in [1.54, 1.807) is 12.1 Å². The van der Waals surface area contributed by atoms with E-state index in [4.69, 9.17) is 4.74 Å². The summed E-state index contributed by atoms with van der Waals surface area (Å²) in [6.45, 7) is 0.0888. The molecule has 2 aromatic rings. The van der Waals surface area contributed by atoms with Gasteiger partial charge in [0.15, 0.2) is 6.10 Å². The van der Waals surface area contributed by atoms with Crippen molar-refractivity contribution in [3.05, 3.63) is 59.7 Å². The van der Waals surface area contributed by atoms with E-state index in [1.165, 1.54) is 12.1 Å². The normalized spacial score (nSPS) is 13.0. The first-order valence-corrected chi connectivity index (χ1v) is 10.2. The number of rotatable bonds is 8. The lowest BCUT2D eigenvalue weighted by molar-refractivity contribution is -0.224. The molecule has 0 saturated carbocycles. The molecule has 0 amide bonds. The molecule has 0 N–H and O–H groups in total. The van der Waals surface area contributed by atoms with Gasteiger partial charge in [-0.15, -0.1) is 0 Å². The Kier molecular flexibility index (Phi) is 7.97. The number of benzene rings is 2. The number of hydrogen-bond donors (Lipinski definition) is 0. The zero-order chi connectivity index (χ0) is 18.3. The van der Waals surface area contributed by atoms with Crippen LogP contribution in [0.25, 0.3) is 11.1 Å². The highest BCUT2D eigenvalue weighted by atomic mass is 79.9. The molecule has 25 heavy (non-hydrogen) atoms. The van der Waals surface area contributed by atoms with Crippen LogP contribution >= 0.6 is 31.9 Å². The molecule has 2 rings (SSSR count). The fraction of sp³-hybridized carbons (Fsp3) is 0.368. The van der Waals surface area contributed by atoms with E-state index in [0.717, 1.165) is 33.8 Å². The molecule has 136 valence electrons. The smallest absolute Gasteiger partial charge is 0.364 e. The second-order valence-electron chi connectivity index (χ2n) is 5.64. The highest BCUT2D eigenvalue weighted by Crippen LogP contribution is 2.36. The number of ether oxygens (including phenoxy) is 1. The molecule has 1 atom stereocenters. The third-order valence-electron chi connectivity index (χ3n) is 3.76. The Morgan fingerprint density at radius 2 is 1.40 bits per heavy atom. The lowest BCUT2D eigenvalue weighted by Crippen LogP contribution is -2.24. The summed E-state index contributed by atoms with van der Waals surface area (Å²) in [6.07, 6.45) is -4.93. The maximum Gasteiger partial charge on any atom is 0.418 e. The Labute approximate surface area is 162 Å². The Balaban J connectivity index is 2.13. The van der Waals surface area contributed by atoms with Crippen molar-refractivity contribution in [2.75, 3.05) is 11.9 Å². The molecule has 1 nitrogen and oxygen atoms in total. The molecule has 0 spiro atoms. The minimum atomic E-state index is -4.42. The van der Waals surface area contributed by atoms with Gasteiger partial charge >= 0.3 is 6.18 Å². The summed E-state index contributed by atoms with van der Waals surface area (Å²) in [5, 5.41) is 1.53. The molecule has 1 unspecified atom stereocenters. The second kappa shape index (κ2) is 9.74. The molecular weight excluding hydrogens is 461 g/mol. The number of hydrogen-bond acceptors (Lipinski definition) is 1. The van der Waals surface area contributed by atoms with Crippen molar-refractivity contribution in [1.82, 2.24) is 0 Å². The van der Waals surface area contributed by atoms with Gasteiger partial charge in [-0.1, -0.05) is 80.4 Å². The maximum atomic E-state index is 13.3. The monoisotopic (exact) mass is 478 g/mol. The van der Waals surface area contributed by atoms with Crippen molar-refractivity contribution in [3.63, 3.8) is 0 Å². The molecular formula is C19H19Br2F3O. The SMILES string of the molecule is FC(F)(F)C(OCCCCBr)c1ccc(-c2ccc(CBr)cc2)cc1. The Hall–Kier alpha value is -0.850. The Morgan fingerprint density at radius 1 is 0.840 bits per heavy atom. The summed E-state index contributed by atoms with van der Waals surface area (Å²) >= 11 is 6.65. The molecule has 0 bridgehead atoms. The van der Waals surface area contributed by atoms with Crippen molar-refractivity contribution in [3.8, 4) is 11.1 Å². The van der Waals surface area contributed by atoms with E-state index < -0.39 is 12.3 Å². The Morgan fingerprint density at radius 3 is 1.88 bits per heavy atom. The lowest BCUT2D eigenvalue weighted by Gasteiger charge is -2.21. The molecule has 0 radical (unpaired) electrons. The topological polar surface area (TPSA) is 9.23 Å².